The molecule has 1 N–H and O–H groups in total. The lowest BCUT2D eigenvalue weighted by molar-refractivity contribution is 0.0526. The minimum absolute atomic E-state index is 0.00405. The fourth-order valence-electron chi connectivity index (χ4n) is 4.40. The minimum atomic E-state index is -0.295. The molecule has 2 aromatic rings. The maximum atomic E-state index is 12.4. The van der Waals surface area contributed by atoms with E-state index in [0.717, 1.165) is 25.1 Å². The molecule has 2 heterocycles. The Morgan fingerprint density at radius 1 is 1.28 bits per heavy atom. The van der Waals surface area contributed by atoms with Crippen LogP contribution in [0.5, 0.6) is 0 Å². The van der Waals surface area contributed by atoms with E-state index in [9.17, 15) is 4.79 Å². The summed E-state index contributed by atoms with van der Waals surface area (Å²) in [5.41, 5.74) is 1.81. The van der Waals surface area contributed by atoms with Crippen LogP contribution >= 0.6 is 0 Å². The molecule has 4 rings (SSSR count). The molecule has 1 aliphatic heterocycles. The van der Waals surface area contributed by atoms with Crippen LogP contribution in [0, 0.1) is 0 Å². The molecule has 25 heavy (non-hydrogen) atoms. The van der Waals surface area contributed by atoms with Gasteiger partial charge >= 0.3 is 5.97 Å². The van der Waals surface area contributed by atoms with E-state index in [-0.39, 0.29) is 17.6 Å². The van der Waals surface area contributed by atoms with Crippen LogP contribution in [-0.4, -0.2) is 22.4 Å². The molecule has 1 unspecified atom stereocenters. The summed E-state index contributed by atoms with van der Waals surface area (Å²) in [6.45, 7) is 2.20. The van der Waals surface area contributed by atoms with Gasteiger partial charge in [-0.2, -0.15) is 5.10 Å². The third-order valence-corrected chi connectivity index (χ3v) is 5.60. The molecule has 132 valence electrons. The van der Waals surface area contributed by atoms with Crippen molar-refractivity contribution < 1.29 is 9.53 Å². The second-order valence-corrected chi connectivity index (χ2v) is 7.14. The molecule has 1 spiro atoms. The number of hydrogen-bond donors (Lipinski definition) is 1. The number of benzene rings is 1. The van der Waals surface area contributed by atoms with Crippen molar-refractivity contribution in [3.8, 4) is 0 Å². The standard InChI is InChI=1S/C20H25N3O2/c1-2-25-19(24)16-14-21-23-18(16)22-17(15-9-5-3-6-10-15)13-20(23)11-7-4-8-12-20/h3,5-6,9-10,14,17,22H,2,4,7-8,11-13H2,1H3. The molecular weight excluding hydrogens is 314 g/mol. The zero-order valence-electron chi connectivity index (χ0n) is 14.7. The Kier molecular flexibility index (Phi) is 4.24. The average Bonchev–Trinajstić information content (AvgIpc) is 3.08. The molecule has 1 saturated carbocycles. The topological polar surface area (TPSA) is 56.1 Å². The predicted molar refractivity (Wildman–Crippen MR) is 96.7 cm³/mol. The number of anilines is 1. The monoisotopic (exact) mass is 339 g/mol. The lowest BCUT2D eigenvalue weighted by Crippen LogP contribution is -2.44. The van der Waals surface area contributed by atoms with Crippen molar-refractivity contribution in [1.82, 2.24) is 9.78 Å². The summed E-state index contributed by atoms with van der Waals surface area (Å²) in [7, 11) is 0. The summed E-state index contributed by atoms with van der Waals surface area (Å²) < 4.78 is 7.32. The first-order chi connectivity index (χ1) is 12.2. The Hall–Kier alpha value is -2.30. The van der Waals surface area contributed by atoms with Crippen molar-refractivity contribution in [1.29, 1.82) is 0 Å². The minimum Gasteiger partial charge on any atom is -0.462 e. The number of rotatable bonds is 3. The highest BCUT2D eigenvalue weighted by Crippen LogP contribution is 2.47. The Labute approximate surface area is 148 Å². The van der Waals surface area contributed by atoms with Crippen molar-refractivity contribution in [3.05, 3.63) is 47.7 Å². The van der Waals surface area contributed by atoms with Gasteiger partial charge in [-0.3, -0.25) is 0 Å². The van der Waals surface area contributed by atoms with E-state index in [4.69, 9.17) is 4.74 Å². The van der Waals surface area contributed by atoms with Crippen molar-refractivity contribution in [2.24, 2.45) is 0 Å². The number of carbonyl (C=O) groups excluding carboxylic acids is 1. The van der Waals surface area contributed by atoms with E-state index in [1.807, 2.05) is 13.0 Å². The van der Waals surface area contributed by atoms with Gasteiger partial charge in [0.2, 0.25) is 0 Å². The maximum absolute atomic E-state index is 12.4. The van der Waals surface area contributed by atoms with Gasteiger partial charge in [-0.05, 0) is 31.7 Å². The van der Waals surface area contributed by atoms with Crippen LogP contribution in [0.3, 0.4) is 0 Å². The molecule has 1 aromatic carbocycles. The third-order valence-electron chi connectivity index (χ3n) is 5.60. The summed E-state index contributed by atoms with van der Waals surface area (Å²) in [6.07, 6.45) is 8.64. The van der Waals surface area contributed by atoms with E-state index in [1.165, 1.54) is 24.8 Å². The quantitative estimate of drug-likeness (QED) is 0.848. The molecule has 1 atom stereocenters. The van der Waals surface area contributed by atoms with Gasteiger partial charge < -0.3 is 10.1 Å². The van der Waals surface area contributed by atoms with Crippen molar-refractivity contribution in [3.63, 3.8) is 0 Å². The Morgan fingerprint density at radius 3 is 2.76 bits per heavy atom. The van der Waals surface area contributed by atoms with Gasteiger partial charge in [0.05, 0.1) is 24.4 Å². The van der Waals surface area contributed by atoms with E-state index in [1.54, 1.807) is 6.20 Å². The number of nitrogens with one attached hydrogen (secondary N) is 1. The summed E-state index contributed by atoms with van der Waals surface area (Å²) in [5.74, 6) is 0.524. The Bertz CT molecular complexity index is 748. The maximum Gasteiger partial charge on any atom is 0.343 e. The zero-order chi connectivity index (χ0) is 17.3. The van der Waals surface area contributed by atoms with Gasteiger partial charge in [0.1, 0.15) is 11.4 Å². The van der Waals surface area contributed by atoms with Crippen LogP contribution in [0.2, 0.25) is 0 Å². The highest BCUT2D eigenvalue weighted by molar-refractivity contribution is 5.94. The molecular formula is C20H25N3O2. The number of ether oxygens (including phenoxy) is 1. The summed E-state index contributed by atoms with van der Waals surface area (Å²) in [6, 6.07) is 10.7. The van der Waals surface area contributed by atoms with Gasteiger partial charge in [0.25, 0.3) is 0 Å². The van der Waals surface area contributed by atoms with Gasteiger partial charge in [-0.25, -0.2) is 9.48 Å². The van der Waals surface area contributed by atoms with E-state index < -0.39 is 0 Å². The molecule has 1 aliphatic carbocycles. The van der Waals surface area contributed by atoms with E-state index in [0.29, 0.717) is 12.2 Å². The molecule has 5 nitrogen and oxygen atoms in total. The van der Waals surface area contributed by atoms with Crippen molar-refractivity contribution in [2.75, 3.05) is 11.9 Å². The van der Waals surface area contributed by atoms with Gasteiger partial charge in [-0.1, -0.05) is 49.6 Å². The number of nitrogens with zero attached hydrogens (tertiary/aromatic N) is 2. The van der Waals surface area contributed by atoms with Crippen molar-refractivity contribution >= 4 is 11.8 Å². The lowest BCUT2D eigenvalue weighted by atomic mass is 9.75. The first-order valence-corrected chi connectivity index (χ1v) is 9.31. The van der Waals surface area contributed by atoms with Crippen LogP contribution in [0.4, 0.5) is 5.82 Å². The molecule has 0 saturated heterocycles. The highest BCUT2D eigenvalue weighted by atomic mass is 16.5. The number of aromatic nitrogens is 2. The predicted octanol–water partition coefficient (Wildman–Crippen LogP) is 4.28. The van der Waals surface area contributed by atoms with Crippen LogP contribution in [0.15, 0.2) is 36.5 Å². The largest absolute Gasteiger partial charge is 0.462 e. The molecule has 5 heteroatoms. The van der Waals surface area contributed by atoms with Crippen molar-refractivity contribution in [2.45, 2.75) is 57.0 Å². The van der Waals surface area contributed by atoms with Gasteiger partial charge in [0.15, 0.2) is 0 Å². The molecule has 1 aromatic heterocycles. The first-order valence-electron chi connectivity index (χ1n) is 9.31. The van der Waals surface area contributed by atoms with Gasteiger partial charge in [0, 0.05) is 0 Å². The number of carbonyl (C=O) groups is 1. The molecule has 0 amide bonds. The Morgan fingerprint density at radius 2 is 2.04 bits per heavy atom. The SMILES string of the molecule is CCOC(=O)c1cnn2c1NC(c1ccccc1)CC21CCCCC1. The highest BCUT2D eigenvalue weighted by Gasteiger charge is 2.43. The second kappa shape index (κ2) is 6.54. The second-order valence-electron chi connectivity index (χ2n) is 7.14. The molecule has 2 aliphatic rings. The average molecular weight is 339 g/mol. The molecule has 0 radical (unpaired) electrons. The van der Waals surface area contributed by atoms with E-state index in [2.05, 4.69) is 39.4 Å². The van der Waals surface area contributed by atoms with E-state index >= 15 is 0 Å². The Balaban J connectivity index is 1.77. The molecule has 1 fully saturated rings. The fraction of sp³-hybridized carbons (Fsp3) is 0.500. The molecule has 0 bridgehead atoms. The zero-order valence-corrected chi connectivity index (χ0v) is 14.7. The summed E-state index contributed by atoms with van der Waals surface area (Å²) in [5, 5.41) is 8.19. The van der Waals surface area contributed by atoms with Crippen LogP contribution in [0.1, 0.15) is 67.4 Å². The van der Waals surface area contributed by atoms with Gasteiger partial charge in [-0.15, -0.1) is 0 Å². The normalized spacial score (nSPS) is 21.4. The first kappa shape index (κ1) is 16.2. The summed E-state index contributed by atoms with van der Waals surface area (Å²) in [4.78, 5) is 12.4. The smallest absolute Gasteiger partial charge is 0.343 e. The number of esters is 1. The summed E-state index contributed by atoms with van der Waals surface area (Å²) >= 11 is 0. The number of hydrogen-bond acceptors (Lipinski definition) is 4. The lowest BCUT2D eigenvalue weighted by Gasteiger charge is -2.45. The fourth-order valence-corrected chi connectivity index (χ4v) is 4.40. The third kappa shape index (κ3) is 2.81. The van der Waals surface area contributed by atoms with Crippen LogP contribution in [0.25, 0.3) is 0 Å². The van der Waals surface area contributed by atoms with Crippen LogP contribution < -0.4 is 5.32 Å². The van der Waals surface area contributed by atoms with Crippen LogP contribution in [-0.2, 0) is 10.3 Å². The number of fused-ring (bicyclic) bond motifs is 2.